The number of nitrogens with one attached hydrogen (secondary N) is 1. The molecule has 2 atom stereocenters. The number of amides is 1. The van der Waals surface area contributed by atoms with Crippen LogP contribution in [0.3, 0.4) is 0 Å². The average molecular weight is 219 g/mol. The second kappa shape index (κ2) is 6.05. The molecule has 1 aliphatic rings. The van der Waals surface area contributed by atoms with Gasteiger partial charge >= 0.3 is 0 Å². The minimum Gasteiger partial charge on any atom is -0.346 e. The zero-order valence-corrected chi connectivity index (χ0v) is 9.64. The molecule has 2 rings (SSSR count). The second-order valence-electron chi connectivity index (χ2n) is 3.45. The van der Waals surface area contributed by atoms with E-state index in [9.17, 15) is 9.59 Å². The van der Waals surface area contributed by atoms with Gasteiger partial charge in [-0.3, -0.25) is 4.79 Å². The minimum absolute atomic E-state index is 0.00111. The van der Waals surface area contributed by atoms with Gasteiger partial charge in [0.2, 0.25) is 5.91 Å². The number of rotatable bonds is 2. The molecular formula is C13H17NO2. The normalized spacial score (nSPS) is 23.0. The van der Waals surface area contributed by atoms with E-state index in [1.54, 1.807) is 0 Å². The highest BCUT2D eigenvalue weighted by Crippen LogP contribution is 2.26. The number of hydrogen-bond acceptors (Lipinski definition) is 2. The summed E-state index contributed by atoms with van der Waals surface area (Å²) in [6.07, 6.45) is 1.22. The van der Waals surface area contributed by atoms with Crippen molar-refractivity contribution in [2.45, 2.75) is 32.2 Å². The Labute approximate surface area is 95.9 Å². The van der Waals surface area contributed by atoms with Gasteiger partial charge in [0, 0.05) is 12.3 Å². The Kier molecular flexibility index (Phi) is 4.70. The maximum atomic E-state index is 11.1. The average Bonchev–Trinajstić information content (AvgIpc) is 2.74. The Bertz CT molecular complexity index is 348. The summed E-state index contributed by atoms with van der Waals surface area (Å²) in [5.41, 5.74) is 1.04. The van der Waals surface area contributed by atoms with Crippen LogP contribution in [0, 0.1) is 0 Å². The van der Waals surface area contributed by atoms with Crippen LogP contribution >= 0.6 is 0 Å². The number of carbonyl (C=O) groups excluding carboxylic acids is 2. The first-order valence-electron chi connectivity index (χ1n) is 5.61. The summed E-state index contributed by atoms with van der Waals surface area (Å²) in [6.45, 7) is 4.00. The molecule has 1 saturated heterocycles. The first-order valence-corrected chi connectivity index (χ1v) is 5.61. The van der Waals surface area contributed by atoms with Crippen LogP contribution < -0.4 is 5.32 Å². The molecule has 0 radical (unpaired) electrons. The summed E-state index contributed by atoms with van der Waals surface area (Å²) in [7, 11) is 0. The minimum atomic E-state index is -0.357. The molecule has 86 valence electrons. The van der Waals surface area contributed by atoms with Crippen molar-refractivity contribution in [2.75, 3.05) is 0 Å². The third kappa shape index (κ3) is 2.69. The Morgan fingerprint density at radius 2 is 1.88 bits per heavy atom. The van der Waals surface area contributed by atoms with Crippen LogP contribution in [-0.4, -0.2) is 18.2 Å². The van der Waals surface area contributed by atoms with Gasteiger partial charge in [0.1, 0.15) is 6.29 Å². The Hall–Kier alpha value is -1.64. The second-order valence-corrected chi connectivity index (χ2v) is 3.45. The third-order valence-corrected chi connectivity index (χ3v) is 2.54. The highest BCUT2D eigenvalue weighted by Gasteiger charge is 2.32. The van der Waals surface area contributed by atoms with Crippen LogP contribution in [0.4, 0.5) is 0 Å². The molecule has 2 unspecified atom stereocenters. The summed E-state index contributed by atoms with van der Waals surface area (Å²) < 4.78 is 0. The zero-order valence-electron chi connectivity index (χ0n) is 9.64. The molecule has 1 N–H and O–H groups in total. The van der Waals surface area contributed by atoms with Crippen molar-refractivity contribution in [3.05, 3.63) is 35.9 Å². The maximum Gasteiger partial charge on any atom is 0.221 e. The van der Waals surface area contributed by atoms with Crippen molar-refractivity contribution in [3.8, 4) is 0 Å². The number of benzene rings is 1. The van der Waals surface area contributed by atoms with Gasteiger partial charge in [0.15, 0.2) is 0 Å². The molecule has 3 nitrogen and oxygen atoms in total. The molecule has 0 spiro atoms. The monoisotopic (exact) mass is 219 g/mol. The van der Waals surface area contributed by atoms with E-state index in [-0.39, 0.29) is 17.9 Å². The molecule has 0 saturated carbocycles. The first-order chi connectivity index (χ1) is 7.81. The van der Waals surface area contributed by atoms with E-state index in [1.807, 2.05) is 44.2 Å². The van der Waals surface area contributed by atoms with Gasteiger partial charge < -0.3 is 10.1 Å². The molecule has 1 aromatic carbocycles. The molecular weight excluding hydrogens is 202 g/mol. The van der Waals surface area contributed by atoms with Crippen molar-refractivity contribution in [1.82, 2.24) is 5.32 Å². The summed E-state index contributed by atoms with van der Waals surface area (Å²) >= 11 is 0. The molecule has 0 aliphatic carbocycles. The highest BCUT2D eigenvalue weighted by atomic mass is 16.2. The van der Waals surface area contributed by atoms with E-state index in [0.29, 0.717) is 6.42 Å². The summed E-state index contributed by atoms with van der Waals surface area (Å²) in [5, 5.41) is 2.65. The van der Waals surface area contributed by atoms with Crippen LogP contribution in [0.1, 0.15) is 31.7 Å². The van der Waals surface area contributed by atoms with Gasteiger partial charge in [-0.05, 0) is 5.56 Å². The molecule has 1 aliphatic heterocycles. The van der Waals surface area contributed by atoms with E-state index in [0.717, 1.165) is 11.8 Å². The lowest BCUT2D eigenvalue weighted by Gasteiger charge is -2.12. The molecule has 0 bridgehead atoms. The van der Waals surface area contributed by atoms with Gasteiger partial charge in [-0.25, -0.2) is 0 Å². The number of carbonyl (C=O) groups is 2. The fourth-order valence-corrected chi connectivity index (χ4v) is 1.83. The predicted octanol–water partition coefficient (Wildman–Crippen LogP) is 1.88. The SMILES string of the molecule is CC.O=CC1NC(=O)CC1c1ccccc1. The maximum absolute atomic E-state index is 11.1. The van der Waals surface area contributed by atoms with Crippen molar-refractivity contribution in [2.24, 2.45) is 0 Å². The molecule has 3 heteroatoms. The van der Waals surface area contributed by atoms with E-state index in [1.165, 1.54) is 0 Å². The Morgan fingerprint density at radius 1 is 1.25 bits per heavy atom. The summed E-state index contributed by atoms with van der Waals surface area (Å²) in [6, 6.07) is 9.29. The number of hydrogen-bond donors (Lipinski definition) is 1. The van der Waals surface area contributed by atoms with Crippen molar-refractivity contribution >= 4 is 12.2 Å². The highest BCUT2D eigenvalue weighted by molar-refractivity contribution is 5.85. The molecule has 1 heterocycles. The van der Waals surface area contributed by atoms with Crippen LogP contribution in [0.2, 0.25) is 0 Å². The van der Waals surface area contributed by atoms with Crippen LogP contribution in [0.5, 0.6) is 0 Å². The van der Waals surface area contributed by atoms with Gasteiger partial charge in [0.25, 0.3) is 0 Å². The quantitative estimate of drug-likeness (QED) is 0.772. The van der Waals surface area contributed by atoms with E-state index in [2.05, 4.69) is 5.32 Å². The molecule has 1 aromatic rings. The summed E-state index contributed by atoms with van der Waals surface area (Å²) in [5.74, 6) is -0.0443. The molecule has 1 amide bonds. The van der Waals surface area contributed by atoms with E-state index >= 15 is 0 Å². The molecule has 0 aromatic heterocycles. The van der Waals surface area contributed by atoms with Gasteiger partial charge in [0.05, 0.1) is 6.04 Å². The number of aldehydes is 1. The fraction of sp³-hybridized carbons (Fsp3) is 0.385. The lowest BCUT2D eigenvalue weighted by molar-refractivity contribution is -0.120. The lowest BCUT2D eigenvalue weighted by atomic mass is 9.93. The van der Waals surface area contributed by atoms with Crippen LogP contribution in [0.15, 0.2) is 30.3 Å². The smallest absolute Gasteiger partial charge is 0.221 e. The standard InChI is InChI=1S/C11H11NO2.C2H6/c13-7-10-9(6-11(14)12-10)8-4-2-1-3-5-8;1-2/h1-5,7,9-10H,6H2,(H,12,14);1-2H3. The molecule has 16 heavy (non-hydrogen) atoms. The van der Waals surface area contributed by atoms with Crippen LogP contribution in [0.25, 0.3) is 0 Å². The van der Waals surface area contributed by atoms with Gasteiger partial charge in [-0.2, -0.15) is 0 Å². The van der Waals surface area contributed by atoms with Crippen molar-refractivity contribution < 1.29 is 9.59 Å². The lowest BCUT2D eigenvalue weighted by Crippen LogP contribution is -2.29. The fourth-order valence-electron chi connectivity index (χ4n) is 1.83. The largest absolute Gasteiger partial charge is 0.346 e. The Morgan fingerprint density at radius 3 is 2.44 bits per heavy atom. The van der Waals surface area contributed by atoms with Gasteiger partial charge in [-0.1, -0.05) is 44.2 Å². The van der Waals surface area contributed by atoms with Crippen LogP contribution in [-0.2, 0) is 9.59 Å². The van der Waals surface area contributed by atoms with E-state index in [4.69, 9.17) is 0 Å². The third-order valence-electron chi connectivity index (χ3n) is 2.54. The molecule has 1 fully saturated rings. The van der Waals surface area contributed by atoms with Crippen molar-refractivity contribution in [3.63, 3.8) is 0 Å². The predicted molar refractivity (Wildman–Crippen MR) is 63.1 cm³/mol. The topological polar surface area (TPSA) is 46.2 Å². The first kappa shape index (κ1) is 12.4. The zero-order chi connectivity index (χ0) is 12.0. The summed E-state index contributed by atoms with van der Waals surface area (Å²) in [4.78, 5) is 21.8. The van der Waals surface area contributed by atoms with Gasteiger partial charge in [-0.15, -0.1) is 0 Å². The Balaban J connectivity index is 0.000000606. The van der Waals surface area contributed by atoms with E-state index < -0.39 is 0 Å². The van der Waals surface area contributed by atoms with Crippen molar-refractivity contribution in [1.29, 1.82) is 0 Å².